The van der Waals surface area contributed by atoms with Gasteiger partial charge < -0.3 is 26.9 Å². The standard InChI is InChI=1S/C9H12BrN.C7H6Br2.C2H7N.C2H6O.CH2O3.CH4.2K.H/c1-11(2)7-8-3-5-9(10)6-4-8;8-5-6-1-3-7(9)4-2-6;1-3-2;1-2-3;2-1-4-3;;;;/h3-6H,7H2,1-2H3;1-4H,5H2;3H,1-2H3;3H,2H2,1H3;1,3H;1H4;;;/q;;;;;;2*+1;-1/p-1. The number of aliphatic hydroxyl groups excluding tert-OH is 1. The number of nitrogens with zero attached hydrogens (tertiary/aromatic N) is 1. The molecule has 0 atom stereocenters. The molecule has 2 N–H and O–H groups in total. The molecule has 0 heterocycles. The molecule has 0 radical (unpaired) electrons. The Bertz CT molecular complexity index is 614. The van der Waals surface area contributed by atoms with Crippen LogP contribution in [0.15, 0.2) is 57.5 Å². The number of rotatable bonds is 4. The smallest absolute Gasteiger partial charge is 1.00 e. The van der Waals surface area contributed by atoms with E-state index in [0.29, 0.717) is 0 Å². The van der Waals surface area contributed by atoms with Crippen LogP contribution in [0.2, 0.25) is 0 Å². The SMILES string of the molecule is BrCc1ccc(Br)cc1.C.CCO.CN(C)Cc1ccc(Br)cc1.CNC.O=CO[O-].[H-].[K+].[K+]. The van der Waals surface area contributed by atoms with Crippen LogP contribution in [0.3, 0.4) is 0 Å². The maximum absolute atomic E-state index is 8.64. The molecule has 0 amide bonds. The predicted octanol–water partition coefficient (Wildman–Crippen LogP) is -1.12. The Labute approximate surface area is 312 Å². The van der Waals surface area contributed by atoms with E-state index in [1.165, 1.54) is 11.1 Å². The fourth-order valence-electron chi connectivity index (χ4n) is 1.53. The Balaban J connectivity index is -0.0000000576. The molecule has 0 aromatic heterocycles. The van der Waals surface area contributed by atoms with Gasteiger partial charge in [-0.1, -0.05) is 79.5 Å². The van der Waals surface area contributed by atoms with E-state index in [1.54, 1.807) is 6.92 Å². The largest absolute Gasteiger partial charge is 1.00 e. The number of benzene rings is 2. The second kappa shape index (κ2) is 39.0. The average Bonchev–Trinajstić information content (AvgIpc) is 2.72. The quantitative estimate of drug-likeness (QED) is 0.138. The van der Waals surface area contributed by atoms with Crippen LogP contribution in [0.1, 0.15) is 26.9 Å². The van der Waals surface area contributed by atoms with E-state index < -0.39 is 0 Å². The van der Waals surface area contributed by atoms with E-state index in [1.807, 2.05) is 26.2 Å². The first-order valence-electron chi connectivity index (χ1n) is 8.87. The maximum Gasteiger partial charge on any atom is 1.00 e. The van der Waals surface area contributed by atoms with Gasteiger partial charge in [0, 0.05) is 27.4 Å². The van der Waals surface area contributed by atoms with Gasteiger partial charge in [0.1, 0.15) is 0 Å². The van der Waals surface area contributed by atoms with E-state index in [9.17, 15) is 0 Å². The van der Waals surface area contributed by atoms with Gasteiger partial charge in [-0.05, 0) is 70.5 Å². The Kier molecular flexibility index (Phi) is 57.3. The van der Waals surface area contributed by atoms with Crippen LogP contribution in [0.4, 0.5) is 0 Å². The number of alkyl halides is 1. The molecule has 6 nitrogen and oxygen atoms in total. The molecule has 0 aliphatic carbocycles. The van der Waals surface area contributed by atoms with Gasteiger partial charge in [0.15, 0.2) is 0 Å². The molecule has 0 aliphatic heterocycles. The van der Waals surface area contributed by atoms with Crippen LogP contribution in [0.25, 0.3) is 0 Å². The summed E-state index contributed by atoms with van der Waals surface area (Å²) in [6, 6.07) is 16.6. The molecule has 11 heteroatoms. The Morgan fingerprint density at radius 1 is 1.00 bits per heavy atom. The molecule has 0 saturated heterocycles. The van der Waals surface area contributed by atoms with Crippen molar-refractivity contribution >= 4 is 54.3 Å². The normalized spacial score (nSPS) is 7.85. The van der Waals surface area contributed by atoms with Gasteiger partial charge in [0.25, 0.3) is 6.47 Å². The first-order valence-corrected chi connectivity index (χ1v) is 11.6. The Hall–Kier alpha value is 2.46. The van der Waals surface area contributed by atoms with Gasteiger partial charge in [-0.25, -0.2) is 0 Å². The summed E-state index contributed by atoms with van der Waals surface area (Å²) in [4.78, 5) is 13.4. The van der Waals surface area contributed by atoms with Crippen LogP contribution < -0.4 is 113 Å². The van der Waals surface area contributed by atoms with Crippen molar-refractivity contribution in [2.75, 3.05) is 34.8 Å². The summed E-state index contributed by atoms with van der Waals surface area (Å²) < 4.78 is 2.27. The average molecular weight is 711 g/mol. The van der Waals surface area contributed by atoms with Crippen LogP contribution in [0, 0.1) is 0 Å². The minimum absolute atomic E-state index is 0. The van der Waals surface area contributed by atoms with Gasteiger partial charge in [-0.3, -0.25) is 4.79 Å². The summed E-state index contributed by atoms with van der Waals surface area (Å²) in [7, 11) is 7.89. The third kappa shape index (κ3) is 41.8. The summed E-state index contributed by atoms with van der Waals surface area (Å²) >= 11 is 10.1. The molecule has 182 valence electrons. The number of carbonyl (C=O) groups excluding carboxylic acids is 1. The fraction of sp³-hybridized carbons (Fsp3) is 0.409. The molecular formula is C22H37Br3K2N2O4. The molecule has 33 heavy (non-hydrogen) atoms. The van der Waals surface area contributed by atoms with Crippen molar-refractivity contribution in [3.05, 3.63) is 68.6 Å². The third-order valence-corrected chi connectivity index (χ3v) is 4.22. The van der Waals surface area contributed by atoms with Crippen LogP contribution in [-0.2, 0) is 21.6 Å². The van der Waals surface area contributed by atoms with Crippen molar-refractivity contribution < 1.29 is 124 Å². The van der Waals surface area contributed by atoms with Crippen molar-refractivity contribution in [3.63, 3.8) is 0 Å². The van der Waals surface area contributed by atoms with E-state index in [2.05, 4.69) is 113 Å². The van der Waals surface area contributed by atoms with Crippen LogP contribution in [0.5, 0.6) is 0 Å². The van der Waals surface area contributed by atoms with Crippen LogP contribution in [-0.4, -0.2) is 51.3 Å². The van der Waals surface area contributed by atoms with Crippen LogP contribution >= 0.6 is 47.8 Å². The molecule has 2 aromatic carbocycles. The van der Waals surface area contributed by atoms with E-state index in [4.69, 9.17) is 15.2 Å². The molecule has 0 saturated carbocycles. The maximum atomic E-state index is 8.64. The zero-order valence-corrected chi connectivity index (χ0v) is 31.1. The van der Waals surface area contributed by atoms with Crippen molar-refractivity contribution in [1.82, 2.24) is 10.2 Å². The minimum atomic E-state index is -0.181. The van der Waals surface area contributed by atoms with Crippen molar-refractivity contribution in [3.8, 4) is 0 Å². The van der Waals surface area contributed by atoms with E-state index >= 15 is 0 Å². The number of aliphatic hydroxyl groups is 1. The first-order chi connectivity index (χ1) is 14.2. The van der Waals surface area contributed by atoms with Gasteiger partial charge in [0.2, 0.25) is 0 Å². The number of carbonyl (C=O) groups is 1. The van der Waals surface area contributed by atoms with Crippen molar-refractivity contribution in [2.45, 2.75) is 26.2 Å². The summed E-state index contributed by atoms with van der Waals surface area (Å²) in [6.45, 7) is 2.76. The zero-order valence-electron chi connectivity index (χ0n) is 21.1. The van der Waals surface area contributed by atoms with E-state index in [0.717, 1.165) is 20.8 Å². The monoisotopic (exact) mass is 708 g/mol. The molecule has 2 rings (SSSR count). The second-order valence-corrected chi connectivity index (χ2v) is 8.03. The van der Waals surface area contributed by atoms with Gasteiger partial charge in [-0.2, -0.15) is 0 Å². The molecule has 0 fully saturated rings. The van der Waals surface area contributed by atoms with Gasteiger partial charge in [-0.15, -0.1) is 0 Å². The number of hydrogen-bond donors (Lipinski definition) is 2. The third-order valence-electron chi connectivity index (χ3n) is 2.52. The molecular weight excluding hydrogens is 674 g/mol. The number of halogens is 3. The molecule has 0 bridgehead atoms. The van der Waals surface area contributed by atoms with Crippen molar-refractivity contribution in [1.29, 1.82) is 0 Å². The number of nitrogens with one attached hydrogen (secondary N) is 1. The predicted molar refractivity (Wildman–Crippen MR) is 141 cm³/mol. The zero-order chi connectivity index (χ0) is 23.8. The summed E-state index contributed by atoms with van der Waals surface area (Å²) in [6.07, 6.45) is 0. The molecule has 0 unspecified atom stereocenters. The Morgan fingerprint density at radius 2 is 1.27 bits per heavy atom. The summed E-state index contributed by atoms with van der Waals surface area (Å²) in [5, 5.41) is 19.7. The van der Waals surface area contributed by atoms with E-state index in [-0.39, 0.29) is 125 Å². The molecule has 0 spiro atoms. The molecule has 0 aliphatic rings. The summed E-state index contributed by atoms with van der Waals surface area (Å²) in [5.41, 5.74) is 2.65. The topological polar surface area (TPSA) is 84.9 Å². The minimum Gasteiger partial charge on any atom is -1.00 e. The summed E-state index contributed by atoms with van der Waals surface area (Å²) in [5.74, 6) is 0. The van der Waals surface area contributed by atoms with Crippen molar-refractivity contribution in [2.24, 2.45) is 0 Å². The Morgan fingerprint density at radius 3 is 1.48 bits per heavy atom. The first kappa shape index (κ1) is 48.5. The second-order valence-electron chi connectivity index (χ2n) is 5.63. The number of hydrogen-bond acceptors (Lipinski definition) is 6. The van der Waals surface area contributed by atoms with Gasteiger partial charge >= 0.3 is 103 Å². The molecule has 2 aromatic rings. The van der Waals surface area contributed by atoms with Gasteiger partial charge in [0.05, 0.1) is 0 Å². The fourth-order valence-corrected chi connectivity index (χ4v) is 2.43.